The molecule has 0 aromatic heterocycles. The monoisotopic (exact) mass is 292 g/mol. The predicted molar refractivity (Wildman–Crippen MR) is 73.4 cm³/mol. The molecule has 6 heteroatoms. The zero-order valence-corrected chi connectivity index (χ0v) is 12.1. The molecular formula is C14H16N2O3S. The van der Waals surface area contributed by atoms with Crippen molar-refractivity contribution in [1.82, 2.24) is 4.31 Å². The van der Waals surface area contributed by atoms with Crippen LogP contribution in [-0.2, 0) is 14.8 Å². The van der Waals surface area contributed by atoms with Crippen molar-refractivity contribution in [2.75, 3.05) is 13.1 Å². The average Bonchev–Trinajstić information content (AvgIpc) is 2.47. The van der Waals surface area contributed by atoms with Crippen molar-refractivity contribution < 1.29 is 13.2 Å². The third kappa shape index (κ3) is 2.74. The lowest BCUT2D eigenvalue weighted by Crippen LogP contribution is -2.40. The van der Waals surface area contributed by atoms with Gasteiger partial charge in [0, 0.05) is 19.0 Å². The molecule has 1 atom stereocenters. The van der Waals surface area contributed by atoms with E-state index in [2.05, 4.69) is 0 Å². The molecule has 1 heterocycles. The molecule has 5 nitrogen and oxygen atoms in total. The number of nitriles is 1. The Bertz CT molecular complexity index is 661. The SMILES string of the molecule is Cc1cc(S(=O)(=O)N2CCCC(C=O)C2)ccc1C#N. The number of carbonyl (C=O) groups is 1. The molecule has 0 bridgehead atoms. The molecule has 2 rings (SSSR count). The third-order valence-electron chi connectivity index (χ3n) is 3.57. The summed E-state index contributed by atoms with van der Waals surface area (Å²) in [6.45, 7) is 2.39. The molecule has 1 aliphatic heterocycles. The Balaban J connectivity index is 2.33. The number of aryl methyl sites for hydroxylation is 1. The molecule has 0 amide bonds. The van der Waals surface area contributed by atoms with Crippen LogP contribution in [0.1, 0.15) is 24.0 Å². The molecule has 0 aliphatic carbocycles. The van der Waals surface area contributed by atoms with Crippen LogP contribution < -0.4 is 0 Å². The highest BCUT2D eigenvalue weighted by atomic mass is 32.2. The second-order valence-corrected chi connectivity index (χ2v) is 6.93. The molecule has 1 aromatic rings. The number of benzene rings is 1. The Labute approximate surface area is 118 Å². The van der Waals surface area contributed by atoms with Gasteiger partial charge in [-0.2, -0.15) is 9.57 Å². The summed E-state index contributed by atoms with van der Waals surface area (Å²) in [5.41, 5.74) is 1.10. The summed E-state index contributed by atoms with van der Waals surface area (Å²) in [6.07, 6.45) is 2.26. The van der Waals surface area contributed by atoms with Crippen molar-refractivity contribution in [2.24, 2.45) is 5.92 Å². The first-order valence-electron chi connectivity index (χ1n) is 6.45. The lowest BCUT2D eigenvalue weighted by atomic mass is 10.0. The van der Waals surface area contributed by atoms with E-state index in [0.717, 1.165) is 12.7 Å². The van der Waals surface area contributed by atoms with E-state index in [9.17, 15) is 13.2 Å². The number of aldehydes is 1. The fraction of sp³-hybridized carbons (Fsp3) is 0.429. The van der Waals surface area contributed by atoms with Crippen molar-refractivity contribution in [3.05, 3.63) is 29.3 Å². The van der Waals surface area contributed by atoms with Crippen LogP contribution in [0.4, 0.5) is 0 Å². The Morgan fingerprint density at radius 1 is 1.45 bits per heavy atom. The Morgan fingerprint density at radius 3 is 2.80 bits per heavy atom. The molecule has 0 saturated carbocycles. The van der Waals surface area contributed by atoms with Gasteiger partial charge in [0.05, 0.1) is 16.5 Å². The first-order chi connectivity index (χ1) is 9.48. The van der Waals surface area contributed by atoms with Gasteiger partial charge in [0.2, 0.25) is 10.0 Å². The van der Waals surface area contributed by atoms with Gasteiger partial charge < -0.3 is 4.79 Å². The third-order valence-corrected chi connectivity index (χ3v) is 5.43. The van der Waals surface area contributed by atoms with Crippen molar-refractivity contribution in [3.63, 3.8) is 0 Å². The first-order valence-corrected chi connectivity index (χ1v) is 7.89. The zero-order chi connectivity index (χ0) is 14.8. The second-order valence-electron chi connectivity index (χ2n) is 4.99. The molecule has 1 aliphatic rings. The average molecular weight is 292 g/mol. The fourth-order valence-electron chi connectivity index (χ4n) is 2.37. The molecule has 0 radical (unpaired) electrons. The van der Waals surface area contributed by atoms with Crippen LogP contribution in [0.2, 0.25) is 0 Å². The lowest BCUT2D eigenvalue weighted by Gasteiger charge is -2.29. The fourth-order valence-corrected chi connectivity index (χ4v) is 4.00. The highest BCUT2D eigenvalue weighted by Crippen LogP contribution is 2.24. The van der Waals surface area contributed by atoms with E-state index in [4.69, 9.17) is 5.26 Å². The van der Waals surface area contributed by atoms with Crippen LogP contribution in [0.15, 0.2) is 23.1 Å². The van der Waals surface area contributed by atoms with E-state index in [1.54, 1.807) is 6.92 Å². The van der Waals surface area contributed by atoms with Gasteiger partial charge >= 0.3 is 0 Å². The van der Waals surface area contributed by atoms with Crippen molar-refractivity contribution >= 4 is 16.3 Å². The van der Waals surface area contributed by atoms with Gasteiger partial charge in [0.25, 0.3) is 0 Å². The van der Waals surface area contributed by atoms with Crippen molar-refractivity contribution in [1.29, 1.82) is 5.26 Å². The normalized spacial score (nSPS) is 20.3. The van der Waals surface area contributed by atoms with Gasteiger partial charge in [-0.25, -0.2) is 8.42 Å². The van der Waals surface area contributed by atoms with E-state index in [1.807, 2.05) is 6.07 Å². The summed E-state index contributed by atoms with van der Waals surface area (Å²) in [7, 11) is -3.59. The molecule has 106 valence electrons. The molecule has 1 unspecified atom stereocenters. The second kappa shape index (κ2) is 5.73. The Morgan fingerprint density at radius 2 is 2.20 bits per heavy atom. The molecule has 1 fully saturated rings. The number of piperidine rings is 1. The summed E-state index contributed by atoms with van der Waals surface area (Å²) < 4.78 is 26.4. The smallest absolute Gasteiger partial charge is 0.243 e. The van der Waals surface area contributed by atoms with Gasteiger partial charge in [-0.1, -0.05) is 0 Å². The van der Waals surface area contributed by atoms with Crippen molar-refractivity contribution in [2.45, 2.75) is 24.7 Å². The van der Waals surface area contributed by atoms with E-state index in [-0.39, 0.29) is 17.4 Å². The topological polar surface area (TPSA) is 78.2 Å². The summed E-state index contributed by atoms with van der Waals surface area (Å²) in [5, 5.41) is 8.88. The number of sulfonamides is 1. The minimum Gasteiger partial charge on any atom is -0.303 e. The van der Waals surface area contributed by atoms with E-state index >= 15 is 0 Å². The standard InChI is InChI=1S/C14H16N2O3S/c1-11-7-14(5-4-13(11)8-15)20(18,19)16-6-2-3-12(9-16)10-17/h4-5,7,10,12H,2-3,6,9H2,1H3. The lowest BCUT2D eigenvalue weighted by molar-refractivity contribution is -0.112. The van der Waals surface area contributed by atoms with Crippen LogP contribution in [0.3, 0.4) is 0 Å². The van der Waals surface area contributed by atoms with Crippen LogP contribution in [0.5, 0.6) is 0 Å². The maximum absolute atomic E-state index is 12.5. The Kier molecular flexibility index (Phi) is 4.21. The summed E-state index contributed by atoms with van der Waals surface area (Å²) in [4.78, 5) is 11.0. The molecule has 1 saturated heterocycles. The van der Waals surface area contributed by atoms with E-state index in [1.165, 1.54) is 22.5 Å². The minimum atomic E-state index is -3.59. The van der Waals surface area contributed by atoms with Gasteiger partial charge in [-0.15, -0.1) is 0 Å². The highest BCUT2D eigenvalue weighted by Gasteiger charge is 2.30. The number of nitrogens with zero attached hydrogens (tertiary/aromatic N) is 2. The van der Waals surface area contributed by atoms with Gasteiger partial charge in [0.15, 0.2) is 0 Å². The number of rotatable bonds is 3. The highest BCUT2D eigenvalue weighted by molar-refractivity contribution is 7.89. The summed E-state index contributed by atoms with van der Waals surface area (Å²) in [5.74, 6) is -0.224. The maximum atomic E-state index is 12.5. The quantitative estimate of drug-likeness (QED) is 0.790. The minimum absolute atomic E-state index is 0.181. The maximum Gasteiger partial charge on any atom is 0.243 e. The number of hydrogen-bond donors (Lipinski definition) is 0. The van der Waals surface area contributed by atoms with Gasteiger partial charge in [0.1, 0.15) is 6.29 Å². The molecular weight excluding hydrogens is 276 g/mol. The van der Waals surface area contributed by atoms with Crippen LogP contribution in [-0.4, -0.2) is 32.1 Å². The molecule has 0 spiro atoms. The van der Waals surface area contributed by atoms with Crippen LogP contribution in [0, 0.1) is 24.2 Å². The number of hydrogen-bond acceptors (Lipinski definition) is 4. The summed E-state index contributed by atoms with van der Waals surface area (Å²) >= 11 is 0. The zero-order valence-electron chi connectivity index (χ0n) is 11.2. The largest absolute Gasteiger partial charge is 0.303 e. The number of carbonyl (C=O) groups excluding carboxylic acids is 1. The van der Waals surface area contributed by atoms with Crippen LogP contribution in [0.25, 0.3) is 0 Å². The first kappa shape index (κ1) is 14.7. The van der Waals surface area contributed by atoms with E-state index in [0.29, 0.717) is 24.1 Å². The van der Waals surface area contributed by atoms with Gasteiger partial charge in [-0.05, 0) is 43.5 Å². The summed E-state index contributed by atoms with van der Waals surface area (Å²) in [6, 6.07) is 6.49. The van der Waals surface area contributed by atoms with Gasteiger partial charge in [-0.3, -0.25) is 0 Å². The predicted octanol–water partition coefficient (Wildman–Crippen LogP) is 1.47. The molecule has 1 aromatic carbocycles. The molecule has 0 N–H and O–H groups in total. The van der Waals surface area contributed by atoms with Crippen molar-refractivity contribution in [3.8, 4) is 6.07 Å². The Hall–Kier alpha value is -1.71. The molecule has 20 heavy (non-hydrogen) atoms. The van der Waals surface area contributed by atoms with E-state index < -0.39 is 10.0 Å². The van der Waals surface area contributed by atoms with Crippen LogP contribution >= 0.6 is 0 Å².